The zero-order chi connectivity index (χ0) is 21.3. The summed E-state index contributed by atoms with van der Waals surface area (Å²) < 4.78 is 13.4. The van der Waals surface area contributed by atoms with E-state index >= 15 is 0 Å². The number of halogens is 1. The van der Waals surface area contributed by atoms with Gasteiger partial charge in [0.2, 0.25) is 0 Å². The van der Waals surface area contributed by atoms with E-state index < -0.39 is 0 Å². The zero-order valence-electron chi connectivity index (χ0n) is 17.5. The van der Waals surface area contributed by atoms with E-state index in [1.54, 1.807) is 12.1 Å². The van der Waals surface area contributed by atoms with Crippen LogP contribution in [0.1, 0.15) is 56.2 Å². The fourth-order valence-corrected chi connectivity index (χ4v) is 5.23. The minimum Gasteiger partial charge on any atom is -0.393 e. The number of aliphatic hydroxyl groups excluding tert-OH is 1. The average molecular weight is 403 g/mol. The van der Waals surface area contributed by atoms with Crippen LogP contribution in [0.4, 0.5) is 4.39 Å². The molecule has 0 spiro atoms. The van der Waals surface area contributed by atoms with Gasteiger partial charge in [0, 0.05) is 22.5 Å². The normalized spacial score (nSPS) is 29.8. The van der Waals surface area contributed by atoms with Crippen molar-refractivity contribution >= 4 is 11.9 Å². The monoisotopic (exact) mass is 402 g/mol. The molecule has 30 heavy (non-hydrogen) atoms. The number of fused-ring (bicyclic) bond motifs is 1. The summed E-state index contributed by atoms with van der Waals surface area (Å²) in [6.07, 6.45) is 4.94. The second-order valence-electron chi connectivity index (χ2n) is 8.91. The number of benzene rings is 2. The van der Waals surface area contributed by atoms with Gasteiger partial charge < -0.3 is 5.11 Å². The molecule has 0 saturated heterocycles. The van der Waals surface area contributed by atoms with Gasteiger partial charge in [-0.1, -0.05) is 56.4 Å². The van der Waals surface area contributed by atoms with Gasteiger partial charge >= 0.3 is 0 Å². The molecule has 3 heteroatoms. The summed E-state index contributed by atoms with van der Waals surface area (Å²) in [5, 5.41) is 10.7. The average Bonchev–Trinajstić information content (AvgIpc) is 2.73. The van der Waals surface area contributed by atoms with E-state index in [4.69, 9.17) is 0 Å². The van der Waals surface area contributed by atoms with E-state index in [2.05, 4.69) is 18.8 Å². The van der Waals surface area contributed by atoms with Gasteiger partial charge in [0.1, 0.15) is 5.82 Å². The molecule has 4 atom stereocenters. The highest BCUT2D eigenvalue weighted by Gasteiger charge is 2.51. The fourth-order valence-electron chi connectivity index (χ4n) is 5.23. The molecule has 0 heterocycles. The minimum atomic E-state index is -0.377. The maximum atomic E-state index is 13.4. The largest absolute Gasteiger partial charge is 0.393 e. The molecule has 2 aliphatic rings. The quantitative estimate of drug-likeness (QED) is 0.513. The van der Waals surface area contributed by atoms with Crippen LogP contribution in [0.5, 0.6) is 0 Å². The van der Waals surface area contributed by atoms with Gasteiger partial charge in [-0.2, -0.15) is 0 Å². The highest BCUT2D eigenvalue weighted by molar-refractivity contribution is 6.02. The van der Waals surface area contributed by atoms with Crippen molar-refractivity contribution in [1.29, 1.82) is 0 Å². The van der Waals surface area contributed by atoms with Crippen molar-refractivity contribution in [3.63, 3.8) is 0 Å². The summed E-state index contributed by atoms with van der Waals surface area (Å²) in [4.78, 5) is 13.1. The van der Waals surface area contributed by atoms with Gasteiger partial charge in [0.15, 0.2) is 5.78 Å². The number of hydrogen-bond donors (Lipinski definition) is 1. The maximum Gasteiger partial charge on any atom is 0.161 e. The molecule has 4 rings (SSSR count). The van der Waals surface area contributed by atoms with Crippen LogP contribution in [0.3, 0.4) is 0 Å². The number of allylic oxidation sites excluding steroid dienone is 1. The molecule has 2 aromatic carbocycles. The number of rotatable bonds is 1. The third-order valence-corrected chi connectivity index (χ3v) is 6.96. The van der Waals surface area contributed by atoms with E-state index in [0.29, 0.717) is 12.0 Å². The molecule has 154 valence electrons. The predicted molar refractivity (Wildman–Crippen MR) is 117 cm³/mol. The first-order valence-corrected chi connectivity index (χ1v) is 10.7. The number of hydrogen-bond acceptors (Lipinski definition) is 2. The van der Waals surface area contributed by atoms with Crippen molar-refractivity contribution in [3.8, 4) is 11.8 Å². The zero-order valence-corrected chi connectivity index (χ0v) is 17.5. The Morgan fingerprint density at radius 1 is 1.13 bits per heavy atom. The summed E-state index contributed by atoms with van der Waals surface area (Å²) in [7, 11) is 0. The number of carbonyl (C=O) groups excluding carboxylic acids is 1. The maximum absolute atomic E-state index is 13.4. The van der Waals surface area contributed by atoms with E-state index in [9.17, 15) is 14.3 Å². The van der Waals surface area contributed by atoms with Crippen LogP contribution < -0.4 is 0 Å². The number of ketones is 1. The van der Waals surface area contributed by atoms with Crippen LogP contribution in [0, 0.1) is 34.9 Å². The molecule has 0 radical (unpaired) electrons. The smallest absolute Gasteiger partial charge is 0.161 e. The number of carbonyl (C=O) groups is 1. The Bertz CT molecular complexity index is 1060. The van der Waals surface area contributed by atoms with Crippen LogP contribution in [-0.4, -0.2) is 17.0 Å². The molecule has 2 fully saturated rings. The van der Waals surface area contributed by atoms with Crippen molar-refractivity contribution in [2.75, 3.05) is 0 Å². The summed E-state index contributed by atoms with van der Waals surface area (Å²) >= 11 is 0. The Labute approximate surface area is 177 Å². The van der Waals surface area contributed by atoms with E-state index in [1.165, 1.54) is 12.1 Å². The molecule has 0 bridgehead atoms. The minimum absolute atomic E-state index is 0.0875. The van der Waals surface area contributed by atoms with Crippen molar-refractivity contribution in [2.24, 2.45) is 17.3 Å². The summed E-state index contributed by atoms with van der Waals surface area (Å²) in [6.45, 7) is 4.14. The Kier molecular flexibility index (Phi) is 5.62. The third-order valence-electron chi connectivity index (χ3n) is 6.96. The van der Waals surface area contributed by atoms with E-state index in [1.807, 2.05) is 37.3 Å². The molecule has 0 amide bonds. The highest BCUT2D eigenvalue weighted by Crippen LogP contribution is 2.53. The lowest BCUT2D eigenvalue weighted by Gasteiger charge is -2.51. The van der Waals surface area contributed by atoms with Crippen molar-refractivity contribution < 1.29 is 14.3 Å². The van der Waals surface area contributed by atoms with Gasteiger partial charge in [0.25, 0.3) is 0 Å². The standard InChI is InChI=1S/C27H27FO2/c1-18-24-11-6-12-25(29)27(24,2)17-22(26(18)30)16-21-9-4-3-8-20(21)14-13-19-7-5-10-23(28)15-19/h3-5,7-10,15-16,18,24-25,29H,6,11-12,17H2,1-2H3/t18?,24?,25-,27-/m0/s1. The van der Waals surface area contributed by atoms with Crippen LogP contribution in [0.15, 0.2) is 54.1 Å². The molecule has 2 aliphatic carbocycles. The molecular formula is C27H27FO2. The molecule has 0 aliphatic heterocycles. The third kappa shape index (κ3) is 3.85. The summed E-state index contributed by atoms with van der Waals surface area (Å²) in [6, 6.07) is 13.9. The Hall–Kier alpha value is -2.70. The predicted octanol–water partition coefficient (Wildman–Crippen LogP) is 5.39. The lowest BCUT2D eigenvalue weighted by molar-refractivity contribution is -0.133. The number of Topliss-reactive ketones (excluding diaryl/α,β-unsaturated/α-hetero) is 1. The van der Waals surface area contributed by atoms with Crippen LogP contribution in [0.2, 0.25) is 0 Å². The van der Waals surface area contributed by atoms with E-state index in [0.717, 1.165) is 36.0 Å². The molecule has 2 nitrogen and oxygen atoms in total. The number of aliphatic hydroxyl groups is 1. The Morgan fingerprint density at radius 2 is 1.93 bits per heavy atom. The van der Waals surface area contributed by atoms with Gasteiger partial charge in [-0.15, -0.1) is 0 Å². The summed E-state index contributed by atoms with van der Waals surface area (Å²) in [5.74, 6) is 6.15. The SMILES string of the molecule is CC1C(=O)C(=Cc2ccccc2C#Cc2cccc(F)c2)C[C@@]2(C)C1CCC[C@@H]2O. The van der Waals surface area contributed by atoms with E-state index in [-0.39, 0.29) is 35.0 Å². The molecule has 0 aromatic heterocycles. The van der Waals surface area contributed by atoms with Crippen molar-refractivity contribution in [1.82, 2.24) is 0 Å². The van der Waals surface area contributed by atoms with Crippen molar-refractivity contribution in [3.05, 3.63) is 76.6 Å². The molecule has 2 unspecified atom stereocenters. The van der Waals surface area contributed by atoms with Crippen LogP contribution in [0.25, 0.3) is 6.08 Å². The fraction of sp³-hybridized carbons (Fsp3) is 0.370. The highest BCUT2D eigenvalue weighted by atomic mass is 19.1. The first-order valence-electron chi connectivity index (χ1n) is 10.7. The van der Waals surface area contributed by atoms with Gasteiger partial charge in [-0.3, -0.25) is 4.79 Å². The van der Waals surface area contributed by atoms with Crippen molar-refractivity contribution in [2.45, 2.75) is 45.6 Å². The second kappa shape index (κ2) is 8.20. The van der Waals surface area contributed by atoms with Gasteiger partial charge in [0.05, 0.1) is 6.10 Å². The lowest BCUT2D eigenvalue weighted by Crippen LogP contribution is -2.51. The Morgan fingerprint density at radius 3 is 2.73 bits per heavy atom. The summed E-state index contributed by atoms with van der Waals surface area (Å²) in [5.41, 5.74) is 2.79. The topological polar surface area (TPSA) is 37.3 Å². The lowest BCUT2D eigenvalue weighted by atomic mass is 9.54. The van der Waals surface area contributed by atoms with Crippen LogP contribution in [-0.2, 0) is 4.79 Å². The molecule has 2 aromatic rings. The molecular weight excluding hydrogens is 375 g/mol. The van der Waals surface area contributed by atoms with Gasteiger partial charge in [-0.05, 0) is 66.7 Å². The Balaban J connectivity index is 1.69. The first kappa shape index (κ1) is 20.6. The molecule has 1 N–H and O–H groups in total. The van der Waals surface area contributed by atoms with Crippen LogP contribution >= 0.6 is 0 Å². The molecule has 2 saturated carbocycles. The first-order chi connectivity index (χ1) is 14.4. The van der Waals surface area contributed by atoms with Gasteiger partial charge in [-0.25, -0.2) is 4.39 Å². The second-order valence-corrected chi connectivity index (χ2v) is 8.91.